The fraction of sp³-hybridized carbons (Fsp3) is 0.300. The van der Waals surface area contributed by atoms with Gasteiger partial charge in [0.15, 0.2) is 5.78 Å². The molecule has 0 bridgehead atoms. The molecule has 0 atom stereocenters. The van der Waals surface area contributed by atoms with Crippen LogP contribution in [0.2, 0.25) is 0 Å². The van der Waals surface area contributed by atoms with E-state index in [-0.39, 0.29) is 35.6 Å². The highest BCUT2D eigenvalue weighted by molar-refractivity contribution is 9.10. The fourth-order valence-corrected chi connectivity index (χ4v) is 4.88. The first-order valence-electron chi connectivity index (χ1n) is 8.95. The van der Waals surface area contributed by atoms with Gasteiger partial charge in [-0.15, -0.1) is 0 Å². The summed E-state index contributed by atoms with van der Waals surface area (Å²) in [7, 11) is -3.63. The van der Waals surface area contributed by atoms with Crippen molar-refractivity contribution in [1.29, 1.82) is 0 Å². The maximum atomic E-state index is 12.8. The number of amides is 1. The second-order valence-electron chi connectivity index (χ2n) is 6.76. The van der Waals surface area contributed by atoms with Gasteiger partial charge < -0.3 is 5.32 Å². The molecule has 6 nitrogen and oxygen atoms in total. The van der Waals surface area contributed by atoms with Gasteiger partial charge in [0.2, 0.25) is 15.9 Å². The summed E-state index contributed by atoms with van der Waals surface area (Å²) in [5.41, 5.74) is 1.19. The zero-order valence-corrected chi connectivity index (χ0v) is 17.8. The van der Waals surface area contributed by atoms with Crippen molar-refractivity contribution >= 4 is 43.3 Å². The van der Waals surface area contributed by atoms with Gasteiger partial charge in [0.25, 0.3) is 0 Å². The second-order valence-corrected chi connectivity index (χ2v) is 9.61. The number of carbonyl (C=O) groups is 2. The quantitative estimate of drug-likeness (QED) is 0.683. The molecule has 0 unspecified atom stereocenters. The number of piperidine rings is 1. The molecule has 2 aromatic rings. The van der Waals surface area contributed by atoms with Crippen LogP contribution in [0.1, 0.15) is 30.1 Å². The van der Waals surface area contributed by atoms with E-state index in [0.29, 0.717) is 24.1 Å². The summed E-state index contributed by atoms with van der Waals surface area (Å²) < 4.78 is 27.9. The Morgan fingerprint density at radius 2 is 1.57 bits per heavy atom. The van der Waals surface area contributed by atoms with E-state index in [1.54, 1.807) is 0 Å². The molecule has 0 radical (unpaired) electrons. The predicted octanol–water partition coefficient (Wildman–Crippen LogP) is 3.69. The molecular weight excluding hydrogens is 444 g/mol. The van der Waals surface area contributed by atoms with Crippen LogP contribution in [0.3, 0.4) is 0 Å². The summed E-state index contributed by atoms with van der Waals surface area (Å²) in [6.07, 6.45) is 0.931. The van der Waals surface area contributed by atoms with Gasteiger partial charge in [-0.1, -0.05) is 28.1 Å². The average molecular weight is 465 g/mol. The standard InChI is InChI=1S/C20H21BrN2O4S/c1-14(24)15-2-8-19(9-3-15)28(26,27)23-12-10-16(11-13-23)20(25)22-18-6-4-17(21)5-7-18/h2-9,16H,10-13H2,1H3,(H,22,25). The minimum atomic E-state index is -3.63. The highest BCUT2D eigenvalue weighted by Gasteiger charge is 2.32. The Morgan fingerprint density at radius 3 is 2.11 bits per heavy atom. The lowest BCUT2D eigenvalue weighted by Gasteiger charge is -2.30. The zero-order valence-electron chi connectivity index (χ0n) is 15.4. The number of halogens is 1. The van der Waals surface area contributed by atoms with Crippen molar-refractivity contribution in [2.24, 2.45) is 5.92 Å². The molecular formula is C20H21BrN2O4S. The van der Waals surface area contributed by atoms with Crippen LogP contribution in [-0.2, 0) is 14.8 Å². The lowest BCUT2D eigenvalue weighted by molar-refractivity contribution is -0.120. The third kappa shape index (κ3) is 4.68. The number of carbonyl (C=O) groups excluding carboxylic acids is 2. The van der Waals surface area contributed by atoms with Crippen molar-refractivity contribution < 1.29 is 18.0 Å². The summed E-state index contributed by atoms with van der Waals surface area (Å²) >= 11 is 3.35. The van der Waals surface area contributed by atoms with E-state index >= 15 is 0 Å². The second kappa shape index (κ2) is 8.55. The molecule has 1 amide bonds. The van der Waals surface area contributed by atoms with E-state index in [2.05, 4.69) is 21.2 Å². The number of ketones is 1. The minimum absolute atomic E-state index is 0.0924. The van der Waals surface area contributed by atoms with Gasteiger partial charge in [-0.05, 0) is 56.2 Å². The Bertz CT molecular complexity index is 964. The molecule has 0 aliphatic carbocycles. The van der Waals surface area contributed by atoms with E-state index in [9.17, 15) is 18.0 Å². The van der Waals surface area contributed by atoms with Crippen LogP contribution in [-0.4, -0.2) is 37.5 Å². The van der Waals surface area contributed by atoms with Crippen LogP contribution in [0, 0.1) is 5.92 Å². The molecule has 1 saturated heterocycles. The van der Waals surface area contributed by atoms with Gasteiger partial charge in [0, 0.05) is 34.7 Å². The average Bonchev–Trinajstić information content (AvgIpc) is 2.70. The molecule has 28 heavy (non-hydrogen) atoms. The van der Waals surface area contributed by atoms with Crippen molar-refractivity contribution in [2.75, 3.05) is 18.4 Å². The highest BCUT2D eigenvalue weighted by Crippen LogP contribution is 2.25. The van der Waals surface area contributed by atoms with Gasteiger partial charge in [-0.3, -0.25) is 9.59 Å². The van der Waals surface area contributed by atoms with E-state index in [1.807, 2.05) is 24.3 Å². The Hall–Kier alpha value is -2.03. The topological polar surface area (TPSA) is 83.6 Å². The van der Waals surface area contributed by atoms with Crippen LogP contribution in [0.25, 0.3) is 0 Å². The number of nitrogens with zero attached hydrogens (tertiary/aromatic N) is 1. The molecule has 1 aliphatic rings. The number of Topliss-reactive ketones (excluding diaryl/α,β-unsaturated/α-hetero) is 1. The van der Waals surface area contributed by atoms with Crippen molar-refractivity contribution in [1.82, 2.24) is 4.31 Å². The van der Waals surface area contributed by atoms with E-state index < -0.39 is 10.0 Å². The maximum absolute atomic E-state index is 12.8. The number of nitrogens with one attached hydrogen (secondary N) is 1. The Labute approximate surface area is 173 Å². The molecule has 3 rings (SSSR count). The summed E-state index contributed by atoms with van der Waals surface area (Å²) in [6, 6.07) is 13.3. The van der Waals surface area contributed by atoms with Gasteiger partial charge in [-0.2, -0.15) is 4.31 Å². The molecule has 1 aliphatic heterocycles. The molecule has 2 aromatic carbocycles. The van der Waals surface area contributed by atoms with Crippen molar-refractivity contribution in [2.45, 2.75) is 24.7 Å². The number of benzene rings is 2. The molecule has 148 valence electrons. The van der Waals surface area contributed by atoms with E-state index in [1.165, 1.54) is 35.5 Å². The van der Waals surface area contributed by atoms with Crippen LogP contribution in [0.15, 0.2) is 57.9 Å². The lowest BCUT2D eigenvalue weighted by Crippen LogP contribution is -2.41. The predicted molar refractivity (Wildman–Crippen MR) is 111 cm³/mol. The number of hydrogen-bond acceptors (Lipinski definition) is 4. The fourth-order valence-electron chi connectivity index (χ4n) is 3.15. The SMILES string of the molecule is CC(=O)c1ccc(S(=O)(=O)N2CCC(C(=O)Nc3ccc(Br)cc3)CC2)cc1. The van der Waals surface area contributed by atoms with Gasteiger partial charge in [0.05, 0.1) is 4.90 Å². The normalized spacial score (nSPS) is 15.9. The van der Waals surface area contributed by atoms with Crippen LogP contribution < -0.4 is 5.32 Å². The third-order valence-electron chi connectivity index (χ3n) is 4.84. The molecule has 0 saturated carbocycles. The third-order valence-corrected chi connectivity index (χ3v) is 7.28. The summed E-state index contributed by atoms with van der Waals surface area (Å²) in [6.45, 7) is 2.01. The minimum Gasteiger partial charge on any atom is -0.326 e. The number of anilines is 1. The summed E-state index contributed by atoms with van der Waals surface area (Å²) in [5.74, 6) is -0.429. The van der Waals surface area contributed by atoms with Crippen LogP contribution in [0.5, 0.6) is 0 Å². The van der Waals surface area contributed by atoms with E-state index in [0.717, 1.165) is 4.47 Å². The molecule has 1 heterocycles. The Balaban J connectivity index is 1.61. The zero-order chi connectivity index (χ0) is 20.3. The number of rotatable bonds is 5. The van der Waals surface area contributed by atoms with Gasteiger partial charge in [0.1, 0.15) is 0 Å². The molecule has 8 heteroatoms. The van der Waals surface area contributed by atoms with E-state index in [4.69, 9.17) is 0 Å². The lowest BCUT2D eigenvalue weighted by atomic mass is 9.97. The van der Waals surface area contributed by atoms with Crippen LogP contribution >= 0.6 is 15.9 Å². The van der Waals surface area contributed by atoms with Gasteiger partial charge >= 0.3 is 0 Å². The summed E-state index contributed by atoms with van der Waals surface area (Å²) in [5, 5.41) is 2.88. The maximum Gasteiger partial charge on any atom is 0.243 e. The molecule has 0 aromatic heterocycles. The Morgan fingerprint density at radius 1 is 1.00 bits per heavy atom. The largest absolute Gasteiger partial charge is 0.326 e. The molecule has 0 spiro atoms. The van der Waals surface area contributed by atoms with Crippen LogP contribution in [0.4, 0.5) is 5.69 Å². The summed E-state index contributed by atoms with van der Waals surface area (Å²) in [4.78, 5) is 24.0. The Kier molecular flexibility index (Phi) is 6.32. The van der Waals surface area contributed by atoms with Gasteiger partial charge in [-0.25, -0.2) is 8.42 Å². The van der Waals surface area contributed by atoms with Crippen molar-refractivity contribution in [3.05, 3.63) is 58.6 Å². The number of sulfonamides is 1. The molecule has 1 fully saturated rings. The first kappa shape index (κ1) is 20.7. The van der Waals surface area contributed by atoms with Crippen molar-refractivity contribution in [3.8, 4) is 0 Å². The molecule has 1 N–H and O–H groups in total. The smallest absolute Gasteiger partial charge is 0.243 e. The number of hydrogen-bond donors (Lipinski definition) is 1. The highest BCUT2D eigenvalue weighted by atomic mass is 79.9. The van der Waals surface area contributed by atoms with Crippen molar-refractivity contribution in [3.63, 3.8) is 0 Å². The first-order chi connectivity index (χ1) is 13.3. The first-order valence-corrected chi connectivity index (χ1v) is 11.2. The monoisotopic (exact) mass is 464 g/mol.